The SMILES string of the molecule is Cc1ccc(N2c3cc(C)cc4c3P3(=S)c5c(cc(C)cc5Oc5cc6c(c2c53)-c2ccccc2C6(c2ccccc2)c2ccccc2)O4)cc1. The fourth-order valence-corrected chi connectivity index (χ4v) is 14.2. The van der Waals surface area contributed by atoms with Gasteiger partial charge in [0.1, 0.15) is 23.0 Å². The minimum absolute atomic E-state index is 0.596. The van der Waals surface area contributed by atoms with E-state index in [0.717, 1.165) is 67.1 Å². The number of hydrogen-bond donors (Lipinski definition) is 0. The molecule has 51 heavy (non-hydrogen) atoms. The first-order valence-corrected chi connectivity index (χ1v) is 20.2. The molecule has 3 heterocycles. The van der Waals surface area contributed by atoms with E-state index in [1.165, 1.54) is 38.9 Å². The Balaban J connectivity index is 1.38. The molecule has 0 spiro atoms. The van der Waals surface area contributed by atoms with Gasteiger partial charge in [-0.15, -0.1) is 0 Å². The van der Waals surface area contributed by atoms with Crippen molar-refractivity contribution in [3.8, 4) is 34.1 Å². The van der Waals surface area contributed by atoms with Crippen molar-refractivity contribution in [3.63, 3.8) is 0 Å². The lowest BCUT2D eigenvalue weighted by atomic mass is 9.67. The van der Waals surface area contributed by atoms with E-state index in [4.69, 9.17) is 21.3 Å². The second-order valence-corrected chi connectivity index (χ2v) is 18.5. The van der Waals surface area contributed by atoms with Crippen LogP contribution in [0.15, 0.2) is 140 Å². The standard InChI is InChI=1S/C46H32NO2PS/c1-27-18-20-32(21-19-27)47-36-22-28(2)23-37-43(36)50(51)44-38(48-37)24-29(3)25-39(44)49-40-26-35-41(42(47)45(40)50)33-16-10-11-17-34(33)46(35,30-12-6-4-7-13-30)31-14-8-5-9-15-31/h4-26H,1-3H3. The summed E-state index contributed by atoms with van der Waals surface area (Å²) in [5, 5.41) is 3.26. The zero-order valence-corrected chi connectivity index (χ0v) is 30.1. The lowest BCUT2D eigenvalue weighted by Gasteiger charge is -2.47. The highest BCUT2D eigenvalue weighted by atomic mass is 32.4. The maximum atomic E-state index is 7.24. The first-order chi connectivity index (χ1) is 24.9. The molecule has 0 amide bonds. The largest absolute Gasteiger partial charge is 0.456 e. The van der Waals surface area contributed by atoms with Crippen LogP contribution >= 0.6 is 6.04 Å². The van der Waals surface area contributed by atoms with E-state index < -0.39 is 11.5 Å². The van der Waals surface area contributed by atoms with E-state index in [1.54, 1.807) is 0 Å². The molecule has 4 aliphatic rings. The van der Waals surface area contributed by atoms with Gasteiger partial charge in [0.15, 0.2) is 0 Å². The van der Waals surface area contributed by atoms with Gasteiger partial charge < -0.3 is 14.4 Å². The Kier molecular flexibility index (Phi) is 5.81. The number of hydrogen-bond acceptors (Lipinski definition) is 4. The molecule has 0 saturated carbocycles. The zero-order valence-electron chi connectivity index (χ0n) is 28.4. The number of benzene rings is 7. The Morgan fingerprint density at radius 2 is 1.08 bits per heavy atom. The molecule has 3 aliphatic heterocycles. The molecule has 1 atom stereocenters. The van der Waals surface area contributed by atoms with Gasteiger partial charge in [-0.1, -0.05) is 114 Å². The van der Waals surface area contributed by atoms with Crippen LogP contribution in [0.4, 0.5) is 17.1 Å². The van der Waals surface area contributed by atoms with Crippen molar-refractivity contribution in [2.45, 2.75) is 26.2 Å². The molecule has 0 fully saturated rings. The molecule has 0 saturated heterocycles. The average Bonchev–Trinajstić information content (AvgIpc) is 3.43. The molecule has 7 aromatic rings. The lowest BCUT2D eigenvalue weighted by molar-refractivity contribution is 0.465. The van der Waals surface area contributed by atoms with E-state index in [0.29, 0.717) is 0 Å². The molecule has 0 aromatic heterocycles. The summed E-state index contributed by atoms with van der Waals surface area (Å²) in [5.74, 6) is 3.34. The Labute approximate surface area is 302 Å². The maximum absolute atomic E-state index is 7.24. The molecule has 0 radical (unpaired) electrons. The van der Waals surface area contributed by atoms with Gasteiger partial charge in [-0.25, -0.2) is 0 Å². The van der Waals surface area contributed by atoms with Crippen LogP contribution in [-0.2, 0) is 17.2 Å². The van der Waals surface area contributed by atoms with Crippen LogP contribution in [-0.4, -0.2) is 0 Å². The third-order valence-corrected chi connectivity index (χ3v) is 16.0. The number of ether oxygens (including phenoxy) is 2. The summed E-state index contributed by atoms with van der Waals surface area (Å²) < 4.78 is 14.0. The van der Waals surface area contributed by atoms with Crippen molar-refractivity contribution in [3.05, 3.63) is 178 Å². The van der Waals surface area contributed by atoms with Crippen LogP contribution in [0.5, 0.6) is 23.0 Å². The number of fused-ring (bicyclic) bond motifs is 4. The number of aryl methyl sites for hydroxylation is 3. The molecule has 244 valence electrons. The minimum atomic E-state index is -2.68. The Hall–Kier alpha value is -5.41. The van der Waals surface area contributed by atoms with Crippen LogP contribution in [0.1, 0.15) is 38.9 Å². The van der Waals surface area contributed by atoms with Crippen LogP contribution < -0.4 is 30.3 Å². The van der Waals surface area contributed by atoms with E-state index in [9.17, 15) is 0 Å². The monoisotopic (exact) mass is 693 g/mol. The number of anilines is 3. The Morgan fingerprint density at radius 1 is 0.529 bits per heavy atom. The van der Waals surface area contributed by atoms with Crippen molar-refractivity contribution in [2.75, 3.05) is 4.90 Å². The summed E-state index contributed by atoms with van der Waals surface area (Å²) >= 11 is 7.24. The molecule has 0 N–H and O–H groups in total. The van der Waals surface area contributed by atoms with Gasteiger partial charge >= 0.3 is 0 Å². The topological polar surface area (TPSA) is 21.7 Å². The molecule has 0 bridgehead atoms. The van der Waals surface area contributed by atoms with E-state index >= 15 is 0 Å². The van der Waals surface area contributed by atoms with Gasteiger partial charge in [0.05, 0.1) is 38.7 Å². The summed E-state index contributed by atoms with van der Waals surface area (Å²) in [6, 6.07) is 48.2. The van der Waals surface area contributed by atoms with E-state index in [2.05, 4.69) is 165 Å². The summed E-state index contributed by atoms with van der Waals surface area (Å²) in [4.78, 5) is 2.47. The smallest absolute Gasteiger partial charge is 0.140 e. The third kappa shape index (κ3) is 3.61. The van der Waals surface area contributed by atoms with Crippen LogP contribution in [0.2, 0.25) is 0 Å². The van der Waals surface area contributed by atoms with E-state index in [1.807, 2.05) is 0 Å². The second kappa shape index (κ2) is 10.1. The van der Waals surface area contributed by atoms with Crippen molar-refractivity contribution < 1.29 is 9.47 Å². The normalized spacial score (nSPS) is 17.5. The Bertz CT molecular complexity index is 2660. The molecule has 11 rings (SSSR count). The first kappa shape index (κ1) is 29.3. The second-order valence-electron chi connectivity index (χ2n) is 14.2. The first-order valence-electron chi connectivity index (χ1n) is 17.4. The fourth-order valence-electron chi connectivity index (χ4n) is 9.27. The quantitative estimate of drug-likeness (QED) is 0.172. The van der Waals surface area contributed by atoms with Crippen LogP contribution in [0.3, 0.4) is 0 Å². The molecule has 1 unspecified atom stereocenters. The van der Waals surface area contributed by atoms with Gasteiger partial charge in [-0.05, 0) is 102 Å². The Morgan fingerprint density at radius 3 is 1.73 bits per heavy atom. The van der Waals surface area contributed by atoms with E-state index in [-0.39, 0.29) is 0 Å². The van der Waals surface area contributed by atoms with Crippen molar-refractivity contribution in [1.82, 2.24) is 0 Å². The highest BCUT2D eigenvalue weighted by molar-refractivity contribution is 8.26. The predicted octanol–water partition coefficient (Wildman–Crippen LogP) is 10.7. The third-order valence-electron chi connectivity index (χ3n) is 11.2. The summed E-state index contributed by atoms with van der Waals surface area (Å²) in [5.41, 5.74) is 13.5. The summed E-state index contributed by atoms with van der Waals surface area (Å²) in [6.07, 6.45) is 0. The van der Waals surface area contributed by atoms with Gasteiger partial charge in [0.2, 0.25) is 0 Å². The van der Waals surface area contributed by atoms with Crippen LogP contribution in [0, 0.1) is 20.8 Å². The molecular weight excluding hydrogens is 662 g/mol. The molecule has 5 heteroatoms. The molecular formula is C46H32NO2PS. The molecule has 3 nitrogen and oxygen atoms in total. The van der Waals surface area contributed by atoms with Gasteiger partial charge in [-0.2, -0.15) is 0 Å². The number of nitrogens with zero attached hydrogens (tertiary/aromatic N) is 1. The number of rotatable bonds is 3. The lowest BCUT2D eigenvalue weighted by Crippen LogP contribution is -2.43. The highest BCUT2D eigenvalue weighted by Crippen LogP contribution is 2.69. The average molecular weight is 694 g/mol. The maximum Gasteiger partial charge on any atom is 0.140 e. The van der Waals surface area contributed by atoms with Crippen molar-refractivity contribution in [2.24, 2.45) is 0 Å². The van der Waals surface area contributed by atoms with Crippen molar-refractivity contribution >= 4 is 50.8 Å². The summed E-state index contributed by atoms with van der Waals surface area (Å²) in [6.45, 7) is 6.40. The van der Waals surface area contributed by atoms with Gasteiger partial charge in [-0.3, -0.25) is 0 Å². The highest BCUT2D eigenvalue weighted by Gasteiger charge is 2.55. The van der Waals surface area contributed by atoms with Gasteiger partial charge in [0, 0.05) is 11.3 Å². The van der Waals surface area contributed by atoms with Crippen molar-refractivity contribution in [1.29, 1.82) is 0 Å². The predicted molar refractivity (Wildman–Crippen MR) is 212 cm³/mol. The zero-order chi connectivity index (χ0) is 34.2. The fraction of sp³-hybridized carbons (Fsp3) is 0.0870. The molecule has 7 aromatic carbocycles. The molecule has 1 aliphatic carbocycles. The summed E-state index contributed by atoms with van der Waals surface area (Å²) in [7, 11) is 0. The van der Waals surface area contributed by atoms with Gasteiger partial charge in [0.25, 0.3) is 0 Å². The van der Waals surface area contributed by atoms with Crippen LogP contribution in [0.25, 0.3) is 11.1 Å². The minimum Gasteiger partial charge on any atom is -0.456 e.